The lowest BCUT2D eigenvalue weighted by Gasteiger charge is -2.35. The fraction of sp³-hybridized carbons (Fsp3) is 0.0526. The molecule has 0 fully saturated rings. The molecule has 2 aliphatic heterocycles. The third kappa shape index (κ3) is 3.73. The van der Waals surface area contributed by atoms with Gasteiger partial charge in [-0.2, -0.15) is 0 Å². The predicted molar refractivity (Wildman–Crippen MR) is 172 cm³/mol. The van der Waals surface area contributed by atoms with E-state index in [4.69, 9.17) is 9.47 Å². The quantitative estimate of drug-likeness (QED) is 0.216. The van der Waals surface area contributed by atoms with Crippen LogP contribution in [0.4, 0.5) is 0 Å². The van der Waals surface area contributed by atoms with Crippen molar-refractivity contribution >= 4 is 39.9 Å². The van der Waals surface area contributed by atoms with Gasteiger partial charge in [-0.25, -0.2) is 0 Å². The summed E-state index contributed by atoms with van der Waals surface area (Å²) >= 11 is 0. The van der Waals surface area contributed by atoms with Crippen LogP contribution in [0.2, 0.25) is 0 Å². The third-order valence-electron chi connectivity index (χ3n) is 8.44. The first-order valence-corrected chi connectivity index (χ1v) is 14.2. The molecular formula is C38H27BO2. The van der Waals surface area contributed by atoms with E-state index in [1.165, 1.54) is 21.9 Å². The van der Waals surface area contributed by atoms with Crippen molar-refractivity contribution in [3.8, 4) is 45.3 Å². The molecule has 0 amide bonds. The van der Waals surface area contributed by atoms with Crippen molar-refractivity contribution < 1.29 is 9.47 Å². The van der Waals surface area contributed by atoms with Crippen LogP contribution in [-0.4, -0.2) is 6.71 Å². The van der Waals surface area contributed by atoms with Gasteiger partial charge in [0, 0.05) is 16.6 Å². The number of para-hydroxylation sites is 2. The highest BCUT2D eigenvalue weighted by molar-refractivity contribution is 6.98. The van der Waals surface area contributed by atoms with E-state index in [0.717, 1.165) is 61.6 Å². The minimum absolute atomic E-state index is 0.00881. The molecule has 0 saturated heterocycles. The second-order valence-corrected chi connectivity index (χ2v) is 10.9. The number of hydrogen-bond donors (Lipinski definition) is 0. The minimum Gasteiger partial charge on any atom is -0.458 e. The maximum atomic E-state index is 6.82. The van der Waals surface area contributed by atoms with Gasteiger partial charge in [0.15, 0.2) is 0 Å². The van der Waals surface area contributed by atoms with Crippen molar-refractivity contribution in [2.75, 3.05) is 0 Å². The molecule has 6 aromatic carbocycles. The highest BCUT2D eigenvalue weighted by atomic mass is 16.5. The molecule has 0 radical (unpaired) electrons. The highest BCUT2D eigenvalue weighted by Gasteiger charge is 2.42. The molecule has 0 saturated carbocycles. The van der Waals surface area contributed by atoms with E-state index >= 15 is 0 Å². The highest BCUT2D eigenvalue weighted by Crippen LogP contribution is 2.46. The Balaban J connectivity index is 1.47. The van der Waals surface area contributed by atoms with Crippen molar-refractivity contribution in [2.24, 2.45) is 0 Å². The number of allylic oxidation sites excluding steroid dienone is 1. The molecule has 0 N–H and O–H groups in total. The molecule has 2 nitrogen and oxygen atoms in total. The van der Waals surface area contributed by atoms with Gasteiger partial charge in [-0.05, 0) is 88.1 Å². The van der Waals surface area contributed by atoms with Gasteiger partial charge in [-0.1, -0.05) is 97.1 Å². The number of hydrogen-bond acceptors (Lipinski definition) is 2. The van der Waals surface area contributed by atoms with E-state index in [-0.39, 0.29) is 6.71 Å². The molecule has 6 aromatic rings. The molecule has 0 aliphatic carbocycles. The smallest absolute Gasteiger partial charge is 0.260 e. The second kappa shape index (κ2) is 9.28. The lowest BCUT2D eigenvalue weighted by atomic mass is 9.34. The first kappa shape index (κ1) is 23.8. The van der Waals surface area contributed by atoms with Crippen LogP contribution < -0.4 is 25.9 Å². The minimum atomic E-state index is 0.00881. The Morgan fingerprint density at radius 2 is 1.17 bits per heavy atom. The van der Waals surface area contributed by atoms with E-state index in [1.54, 1.807) is 0 Å². The van der Waals surface area contributed by atoms with Crippen molar-refractivity contribution in [3.05, 3.63) is 132 Å². The van der Waals surface area contributed by atoms with Crippen LogP contribution in [0.3, 0.4) is 0 Å². The summed E-state index contributed by atoms with van der Waals surface area (Å²) in [5.41, 5.74) is 10.3. The maximum absolute atomic E-state index is 6.82. The molecule has 0 spiro atoms. The number of ether oxygens (including phenoxy) is 2. The molecule has 3 heteroatoms. The largest absolute Gasteiger partial charge is 0.458 e. The van der Waals surface area contributed by atoms with Crippen LogP contribution in [-0.2, 0) is 0 Å². The van der Waals surface area contributed by atoms with Crippen LogP contribution in [0.25, 0.3) is 39.1 Å². The fourth-order valence-electron chi connectivity index (χ4n) is 6.43. The average molecular weight is 526 g/mol. The van der Waals surface area contributed by atoms with Crippen molar-refractivity contribution in [2.45, 2.75) is 13.8 Å². The van der Waals surface area contributed by atoms with Crippen LogP contribution in [0.15, 0.2) is 121 Å². The summed E-state index contributed by atoms with van der Waals surface area (Å²) in [6, 6.07) is 41.0. The number of benzene rings is 6. The van der Waals surface area contributed by atoms with Crippen LogP contribution >= 0.6 is 0 Å². The van der Waals surface area contributed by atoms with Gasteiger partial charge in [0.25, 0.3) is 6.71 Å². The van der Waals surface area contributed by atoms with Gasteiger partial charge < -0.3 is 9.47 Å². The summed E-state index contributed by atoms with van der Waals surface area (Å²) in [6.45, 7) is 4.23. The third-order valence-corrected chi connectivity index (χ3v) is 8.44. The first-order chi connectivity index (χ1) is 20.2. The molecule has 2 heterocycles. The first-order valence-electron chi connectivity index (χ1n) is 14.2. The van der Waals surface area contributed by atoms with Crippen LogP contribution in [0.5, 0.6) is 23.0 Å². The number of rotatable bonds is 3. The molecule has 41 heavy (non-hydrogen) atoms. The average Bonchev–Trinajstić information content (AvgIpc) is 3.02. The van der Waals surface area contributed by atoms with Crippen LogP contribution in [0.1, 0.15) is 18.1 Å². The van der Waals surface area contributed by atoms with Crippen molar-refractivity contribution in [1.82, 2.24) is 0 Å². The molecule has 0 bridgehead atoms. The SMILES string of the molecule is C/C=C\c1cc(-c2cc(-c3ccc4ccccc4c3)c3c4c2Oc2ccccc2B4c2ccccc2O3)ccc1C. The Morgan fingerprint density at radius 1 is 0.585 bits per heavy atom. The van der Waals surface area contributed by atoms with Gasteiger partial charge in [0.05, 0.1) is 0 Å². The summed E-state index contributed by atoms with van der Waals surface area (Å²) in [7, 11) is 0. The van der Waals surface area contributed by atoms with E-state index in [2.05, 4.69) is 141 Å². The second-order valence-electron chi connectivity index (χ2n) is 10.9. The number of aryl methyl sites for hydroxylation is 1. The lowest BCUT2D eigenvalue weighted by molar-refractivity contribution is 0.467. The molecule has 0 aromatic heterocycles. The molecule has 194 valence electrons. The fourth-order valence-corrected chi connectivity index (χ4v) is 6.43. The van der Waals surface area contributed by atoms with E-state index < -0.39 is 0 Å². The zero-order valence-corrected chi connectivity index (χ0v) is 23.0. The maximum Gasteiger partial charge on any atom is 0.260 e. The van der Waals surface area contributed by atoms with E-state index in [9.17, 15) is 0 Å². The predicted octanol–water partition coefficient (Wildman–Crippen LogP) is 8.24. The molecule has 0 unspecified atom stereocenters. The Kier molecular flexibility index (Phi) is 5.40. The van der Waals surface area contributed by atoms with Gasteiger partial charge in [-0.15, -0.1) is 0 Å². The van der Waals surface area contributed by atoms with Crippen molar-refractivity contribution in [1.29, 1.82) is 0 Å². The lowest BCUT2D eigenvalue weighted by Crippen LogP contribution is -2.57. The topological polar surface area (TPSA) is 18.5 Å². The summed E-state index contributed by atoms with van der Waals surface area (Å²) in [5.74, 6) is 3.54. The molecule has 0 atom stereocenters. The Hall–Kier alpha value is -5.02. The Morgan fingerprint density at radius 3 is 1.85 bits per heavy atom. The van der Waals surface area contributed by atoms with Crippen LogP contribution in [0, 0.1) is 6.92 Å². The number of fused-ring (bicyclic) bond motifs is 5. The molecule has 8 rings (SSSR count). The Bertz CT molecular complexity index is 2030. The summed E-state index contributed by atoms with van der Waals surface area (Å²) in [6.07, 6.45) is 4.27. The summed E-state index contributed by atoms with van der Waals surface area (Å²) in [4.78, 5) is 0. The standard InChI is InChI=1S/C38H27BO2/c1-3-10-26-21-28(18-17-24(26)2)30-23-31(29-20-19-25-11-4-5-12-27(25)22-29)38-36-37(30)40-34-15-8-6-13-32(34)39(36)33-14-7-9-16-35(33)41-38/h3-23H,1-2H3/b10-3-. The summed E-state index contributed by atoms with van der Waals surface area (Å²) in [5, 5.41) is 2.43. The van der Waals surface area contributed by atoms with Crippen molar-refractivity contribution in [3.63, 3.8) is 0 Å². The normalized spacial score (nSPS) is 12.9. The van der Waals surface area contributed by atoms with E-state index in [1.807, 2.05) is 0 Å². The Labute approximate surface area is 240 Å². The zero-order chi connectivity index (χ0) is 27.5. The zero-order valence-electron chi connectivity index (χ0n) is 23.0. The monoisotopic (exact) mass is 526 g/mol. The van der Waals surface area contributed by atoms with Gasteiger partial charge in [0.1, 0.15) is 23.0 Å². The van der Waals surface area contributed by atoms with Gasteiger partial charge in [0.2, 0.25) is 0 Å². The van der Waals surface area contributed by atoms with Gasteiger partial charge in [-0.3, -0.25) is 0 Å². The van der Waals surface area contributed by atoms with E-state index in [0.29, 0.717) is 0 Å². The molecule has 2 aliphatic rings. The molecular weight excluding hydrogens is 499 g/mol. The summed E-state index contributed by atoms with van der Waals surface area (Å²) < 4.78 is 13.6. The van der Waals surface area contributed by atoms with Gasteiger partial charge >= 0.3 is 0 Å².